The predicted octanol–water partition coefficient (Wildman–Crippen LogP) is 0.161. The van der Waals surface area contributed by atoms with E-state index in [2.05, 4.69) is 0 Å². The van der Waals surface area contributed by atoms with Gasteiger partial charge in [0.15, 0.2) is 0 Å². The molecule has 0 heterocycles. The van der Waals surface area contributed by atoms with Gasteiger partial charge in [-0.2, -0.15) is 0 Å². The molecule has 18 heavy (non-hydrogen) atoms. The Labute approximate surface area is 105 Å². The summed E-state index contributed by atoms with van der Waals surface area (Å²) in [6.45, 7) is 3.86. The molecular formula is C12H17N3O3. The molecule has 0 aliphatic heterocycles. The lowest BCUT2D eigenvalue weighted by atomic mass is 10.1. The molecule has 1 aromatic rings. The summed E-state index contributed by atoms with van der Waals surface area (Å²) in [5.74, 6) is 4.85. The molecule has 0 unspecified atom stereocenters. The molecule has 0 atom stereocenters. The van der Waals surface area contributed by atoms with E-state index in [0.717, 1.165) is 11.1 Å². The van der Waals surface area contributed by atoms with Gasteiger partial charge in [0.1, 0.15) is 5.75 Å². The zero-order valence-electron chi connectivity index (χ0n) is 10.4. The van der Waals surface area contributed by atoms with Crippen molar-refractivity contribution in [2.75, 3.05) is 6.61 Å². The molecule has 0 saturated carbocycles. The first-order valence-electron chi connectivity index (χ1n) is 5.49. The third-order valence-corrected chi connectivity index (χ3v) is 2.48. The minimum Gasteiger partial charge on any atom is -0.493 e. The fraction of sp³-hybridized carbons (Fsp3) is 0.333. The average molecular weight is 251 g/mol. The van der Waals surface area contributed by atoms with E-state index in [0.29, 0.717) is 11.3 Å². The highest BCUT2D eigenvalue weighted by atomic mass is 16.5. The topological polar surface area (TPSA) is 107 Å². The number of hydrazine groups is 1. The average Bonchev–Trinajstić information content (AvgIpc) is 2.31. The Hall–Kier alpha value is -2.08. The van der Waals surface area contributed by atoms with E-state index < -0.39 is 5.91 Å². The standard InChI is InChI=1S/C12H17N3O3/c1-7-5-9(12(13)17)6-8(2)11(7)18-4-3-10(16)15-14/h5-6H,3-4,14H2,1-2H3,(H2,13,17)(H,15,16). The normalized spacial score (nSPS) is 9.94. The SMILES string of the molecule is Cc1cc(C(N)=O)cc(C)c1OCCC(=O)NN. The third-order valence-electron chi connectivity index (χ3n) is 2.48. The summed E-state index contributed by atoms with van der Waals surface area (Å²) < 4.78 is 5.51. The second-order valence-electron chi connectivity index (χ2n) is 3.97. The Morgan fingerprint density at radius 2 is 1.83 bits per heavy atom. The highest BCUT2D eigenvalue weighted by Crippen LogP contribution is 2.24. The molecule has 1 aromatic carbocycles. The number of primary amides is 1. The maximum atomic E-state index is 11.1. The molecule has 5 N–H and O–H groups in total. The Kier molecular flexibility index (Phi) is 4.67. The molecule has 0 aliphatic carbocycles. The van der Waals surface area contributed by atoms with Crippen LogP contribution in [0.3, 0.4) is 0 Å². The molecule has 98 valence electrons. The number of nitrogens with two attached hydrogens (primary N) is 2. The molecule has 2 amide bonds. The highest BCUT2D eigenvalue weighted by Gasteiger charge is 2.10. The summed E-state index contributed by atoms with van der Waals surface area (Å²) >= 11 is 0. The van der Waals surface area contributed by atoms with Crippen LogP contribution in [-0.4, -0.2) is 18.4 Å². The number of hydrogen-bond acceptors (Lipinski definition) is 4. The van der Waals surface area contributed by atoms with Gasteiger partial charge >= 0.3 is 0 Å². The molecule has 6 nitrogen and oxygen atoms in total. The Bertz CT molecular complexity index is 449. The van der Waals surface area contributed by atoms with Crippen molar-refractivity contribution in [1.29, 1.82) is 0 Å². The van der Waals surface area contributed by atoms with Crippen LogP contribution in [0.2, 0.25) is 0 Å². The van der Waals surface area contributed by atoms with Crippen LogP contribution < -0.4 is 21.7 Å². The van der Waals surface area contributed by atoms with Gasteiger partial charge in [0.2, 0.25) is 11.8 Å². The van der Waals surface area contributed by atoms with Crippen molar-refractivity contribution in [3.63, 3.8) is 0 Å². The number of carbonyl (C=O) groups excluding carboxylic acids is 2. The smallest absolute Gasteiger partial charge is 0.248 e. The molecule has 0 spiro atoms. The largest absolute Gasteiger partial charge is 0.493 e. The second-order valence-corrected chi connectivity index (χ2v) is 3.97. The molecule has 6 heteroatoms. The first-order valence-corrected chi connectivity index (χ1v) is 5.49. The number of aryl methyl sites for hydroxylation is 2. The minimum atomic E-state index is -0.477. The van der Waals surface area contributed by atoms with Crippen LogP contribution in [0, 0.1) is 13.8 Å². The van der Waals surface area contributed by atoms with Gasteiger partial charge in [-0.15, -0.1) is 0 Å². The van der Waals surface area contributed by atoms with Gasteiger partial charge in [-0.05, 0) is 37.1 Å². The van der Waals surface area contributed by atoms with Crippen molar-refractivity contribution in [2.24, 2.45) is 11.6 Å². The fourth-order valence-electron chi connectivity index (χ4n) is 1.64. The van der Waals surface area contributed by atoms with Gasteiger partial charge in [0, 0.05) is 5.56 Å². The lowest BCUT2D eigenvalue weighted by Crippen LogP contribution is -2.31. The van der Waals surface area contributed by atoms with Crippen molar-refractivity contribution in [2.45, 2.75) is 20.3 Å². The number of amides is 2. The van der Waals surface area contributed by atoms with Crippen molar-refractivity contribution >= 4 is 11.8 Å². The van der Waals surface area contributed by atoms with Gasteiger partial charge in [0.05, 0.1) is 13.0 Å². The van der Waals surface area contributed by atoms with Gasteiger partial charge in [0.25, 0.3) is 0 Å². The fourth-order valence-corrected chi connectivity index (χ4v) is 1.64. The van der Waals surface area contributed by atoms with E-state index in [-0.39, 0.29) is 18.9 Å². The van der Waals surface area contributed by atoms with E-state index >= 15 is 0 Å². The number of nitrogens with one attached hydrogen (secondary N) is 1. The summed E-state index contributed by atoms with van der Waals surface area (Å²) in [6.07, 6.45) is 0.174. The lowest BCUT2D eigenvalue weighted by Gasteiger charge is -2.12. The van der Waals surface area contributed by atoms with Crippen molar-refractivity contribution in [3.8, 4) is 5.75 Å². The summed E-state index contributed by atoms with van der Waals surface area (Å²) in [6, 6.07) is 3.32. The quantitative estimate of drug-likeness (QED) is 0.393. The molecule has 0 bridgehead atoms. The number of rotatable bonds is 5. The van der Waals surface area contributed by atoms with E-state index in [1.165, 1.54) is 0 Å². The zero-order chi connectivity index (χ0) is 13.7. The van der Waals surface area contributed by atoms with Crippen LogP contribution >= 0.6 is 0 Å². The van der Waals surface area contributed by atoms with Gasteiger partial charge < -0.3 is 10.5 Å². The molecule has 0 saturated heterocycles. The third kappa shape index (κ3) is 3.46. The summed E-state index contributed by atoms with van der Waals surface area (Å²) in [5, 5.41) is 0. The monoisotopic (exact) mass is 251 g/mol. The van der Waals surface area contributed by atoms with Crippen molar-refractivity contribution < 1.29 is 14.3 Å². The molecule has 1 rings (SSSR count). The lowest BCUT2D eigenvalue weighted by molar-refractivity contribution is -0.121. The number of hydrogen-bond donors (Lipinski definition) is 3. The van der Waals surface area contributed by atoms with E-state index in [9.17, 15) is 9.59 Å². The summed E-state index contributed by atoms with van der Waals surface area (Å²) in [4.78, 5) is 22.0. The minimum absolute atomic E-state index is 0.174. The number of ether oxygens (including phenoxy) is 1. The van der Waals surface area contributed by atoms with Crippen molar-refractivity contribution in [1.82, 2.24) is 5.43 Å². The summed E-state index contributed by atoms with van der Waals surface area (Å²) in [5.41, 5.74) is 9.28. The molecular weight excluding hydrogens is 234 g/mol. The molecule has 0 radical (unpaired) electrons. The zero-order valence-corrected chi connectivity index (χ0v) is 10.4. The van der Waals surface area contributed by atoms with Crippen LogP contribution in [0.25, 0.3) is 0 Å². The second kappa shape index (κ2) is 6.02. The molecule has 0 aliphatic rings. The Morgan fingerprint density at radius 3 is 2.28 bits per heavy atom. The van der Waals surface area contributed by atoms with Crippen LogP contribution in [0.4, 0.5) is 0 Å². The maximum Gasteiger partial charge on any atom is 0.248 e. The summed E-state index contributed by atoms with van der Waals surface area (Å²) in [7, 11) is 0. The van der Waals surface area contributed by atoms with E-state index in [4.69, 9.17) is 16.3 Å². The predicted molar refractivity (Wildman–Crippen MR) is 66.9 cm³/mol. The van der Waals surface area contributed by atoms with Gasteiger partial charge in [-0.25, -0.2) is 5.84 Å². The van der Waals surface area contributed by atoms with Crippen LogP contribution in [0.5, 0.6) is 5.75 Å². The highest BCUT2D eigenvalue weighted by molar-refractivity contribution is 5.93. The Morgan fingerprint density at radius 1 is 1.28 bits per heavy atom. The number of benzene rings is 1. The number of carbonyl (C=O) groups is 2. The maximum absolute atomic E-state index is 11.1. The first kappa shape index (κ1) is 14.0. The van der Waals surface area contributed by atoms with Crippen molar-refractivity contribution in [3.05, 3.63) is 28.8 Å². The Balaban J connectivity index is 2.78. The van der Waals surface area contributed by atoms with Gasteiger partial charge in [-0.3, -0.25) is 15.0 Å². The first-order chi connectivity index (χ1) is 8.45. The van der Waals surface area contributed by atoms with E-state index in [1.54, 1.807) is 12.1 Å². The van der Waals surface area contributed by atoms with Crippen LogP contribution in [0.1, 0.15) is 27.9 Å². The van der Waals surface area contributed by atoms with Crippen LogP contribution in [0.15, 0.2) is 12.1 Å². The molecule has 0 aromatic heterocycles. The van der Waals surface area contributed by atoms with Crippen LogP contribution in [-0.2, 0) is 4.79 Å². The van der Waals surface area contributed by atoms with E-state index in [1.807, 2.05) is 19.3 Å². The van der Waals surface area contributed by atoms with Gasteiger partial charge in [-0.1, -0.05) is 0 Å². The molecule has 0 fully saturated rings.